The Hall–Kier alpha value is -1.80. The molecule has 0 bridgehead atoms. The normalized spacial score (nSPS) is 20.9. The van der Waals surface area contributed by atoms with Crippen molar-refractivity contribution >= 4 is 33.2 Å². The van der Waals surface area contributed by atoms with E-state index in [1.54, 1.807) is 10.9 Å². The Labute approximate surface area is 173 Å². The van der Waals surface area contributed by atoms with Crippen molar-refractivity contribution in [2.45, 2.75) is 50.0 Å². The van der Waals surface area contributed by atoms with E-state index >= 15 is 0 Å². The van der Waals surface area contributed by atoms with Crippen molar-refractivity contribution < 1.29 is 14.3 Å². The molecule has 1 saturated heterocycles. The standard InChI is InChI=1S/C20H25N3O3S2/c24-20(8-4-1-5-17-9-10-27-28-17)22-15-11-21-23(12-15)13-16-14-25-18-6-2-3-7-19(18)26-16/h2-3,6-7,11-12,16-17H,1,4-5,8-10,13-14H2,(H,22,24)/t16-,17-/m1/s1. The van der Waals surface area contributed by atoms with E-state index < -0.39 is 0 Å². The lowest BCUT2D eigenvalue weighted by molar-refractivity contribution is -0.116. The minimum Gasteiger partial charge on any atom is -0.486 e. The summed E-state index contributed by atoms with van der Waals surface area (Å²) in [5, 5.41) is 8.05. The van der Waals surface area contributed by atoms with E-state index in [-0.39, 0.29) is 12.0 Å². The molecule has 0 saturated carbocycles. The van der Waals surface area contributed by atoms with Crippen molar-refractivity contribution in [3.05, 3.63) is 36.7 Å². The highest BCUT2D eigenvalue weighted by atomic mass is 33.1. The van der Waals surface area contributed by atoms with E-state index in [1.165, 1.54) is 18.6 Å². The van der Waals surface area contributed by atoms with Gasteiger partial charge in [-0.3, -0.25) is 9.48 Å². The number of carbonyl (C=O) groups excluding carboxylic acids is 1. The summed E-state index contributed by atoms with van der Waals surface area (Å²) in [6.45, 7) is 1.05. The Morgan fingerprint density at radius 1 is 1.29 bits per heavy atom. The minimum absolute atomic E-state index is 0.0548. The van der Waals surface area contributed by atoms with E-state index in [1.807, 2.05) is 52.1 Å². The lowest BCUT2D eigenvalue weighted by atomic mass is 10.1. The summed E-state index contributed by atoms with van der Waals surface area (Å²) in [6.07, 6.45) is 8.56. The molecule has 3 heterocycles. The van der Waals surface area contributed by atoms with Crippen molar-refractivity contribution in [1.82, 2.24) is 9.78 Å². The average molecular weight is 420 g/mol. The van der Waals surface area contributed by atoms with Crippen LogP contribution in [0.2, 0.25) is 0 Å². The first-order valence-corrected chi connectivity index (χ1v) is 12.1. The zero-order valence-corrected chi connectivity index (χ0v) is 17.3. The number of benzene rings is 1. The maximum absolute atomic E-state index is 12.1. The van der Waals surface area contributed by atoms with Gasteiger partial charge in [0.25, 0.3) is 0 Å². The number of aromatic nitrogens is 2. The van der Waals surface area contributed by atoms with E-state index in [4.69, 9.17) is 9.47 Å². The van der Waals surface area contributed by atoms with Gasteiger partial charge in [0.15, 0.2) is 17.6 Å². The molecule has 4 rings (SSSR count). The second-order valence-electron chi connectivity index (χ2n) is 7.07. The Morgan fingerprint density at radius 3 is 3.04 bits per heavy atom. The molecule has 0 aliphatic carbocycles. The third-order valence-corrected chi connectivity index (χ3v) is 7.79. The van der Waals surface area contributed by atoms with Crippen molar-refractivity contribution in [2.24, 2.45) is 0 Å². The SMILES string of the molecule is O=C(CCCC[C@@H]1CCSS1)Nc1cnn(C[C@@H]2COc3ccccc3O2)c1. The Balaban J connectivity index is 1.18. The Kier molecular flexibility index (Phi) is 6.69. The summed E-state index contributed by atoms with van der Waals surface area (Å²) in [7, 11) is 3.97. The van der Waals surface area contributed by atoms with Gasteiger partial charge in [-0.05, 0) is 31.4 Å². The molecule has 0 spiro atoms. The molecule has 2 aliphatic heterocycles. The molecule has 1 aromatic carbocycles. The van der Waals surface area contributed by atoms with E-state index in [2.05, 4.69) is 10.4 Å². The van der Waals surface area contributed by atoms with Crippen LogP contribution in [0.1, 0.15) is 32.1 Å². The average Bonchev–Trinajstić information content (AvgIpc) is 3.37. The number of nitrogens with one attached hydrogen (secondary N) is 1. The highest BCUT2D eigenvalue weighted by molar-refractivity contribution is 8.77. The molecule has 1 aromatic heterocycles. The fraction of sp³-hybridized carbons (Fsp3) is 0.500. The van der Waals surface area contributed by atoms with Gasteiger partial charge in [-0.1, -0.05) is 40.1 Å². The van der Waals surface area contributed by atoms with E-state index in [9.17, 15) is 4.79 Å². The number of unbranched alkanes of at least 4 members (excludes halogenated alkanes) is 1. The number of para-hydroxylation sites is 2. The molecule has 8 heteroatoms. The van der Waals surface area contributed by atoms with Gasteiger partial charge in [0.05, 0.1) is 18.4 Å². The number of rotatable bonds is 8. The zero-order chi connectivity index (χ0) is 19.2. The molecule has 1 fully saturated rings. The summed E-state index contributed by atoms with van der Waals surface area (Å²) in [6, 6.07) is 7.66. The van der Waals surface area contributed by atoms with Crippen LogP contribution < -0.4 is 14.8 Å². The third-order valence-electron chi connectivity index (χ3n) is 4.78. The molecule has 150 valence electrons. The van der Waals surface area contributed by atoms with Gasteiger partial charge in [-0.2, -0.15) is 5.10 Å². The first kappa shape index (κ1) is 19.5. The minimum atomic E-state index is -0.107. The Morgan fingerprint density at radius 2 is 2.18 bits per heavy atom. The predicted octanol–water partition coefficient (Wildman–Crippen LogP) is 4.38. The van der Waals surface area contributed by atoms with Gasteiger partial charge in [0.1, 0.15) is 6.61 Å². The molecule has 2 aromatic rings. The van der Waals surface area contributed by atoms with Crippen LogP contribution in [0.5, 0.6) is 11.5 Å². The van der Waals surface area contributed by atoms with Crippen molar-refractivity contribution in [3.8, 4) is 11.5 Å². The lowest BCUT2D eigenvalue weighted by Crippen LogP contribution is -2.33. The van der Waals surface area contributed by atoms with Gasteiger partial charge in [-0.25, -0.2) is 0 Å². The van der Waals surface area contributed by atoms with Gasteiger partial charge < -0.3 is 14.8 Å². The number of carbonyl (C=O) groups is 1. The molecule has 0 unspecified atom stereocenters. The van der Waals surface area contributed by atoms with Crippen molar-refractivity contribution in [3.63, 3.8) is 0 Å². The molecule has 2 atom stereocenters. The summed E-state index contributed by atoms with van der Waals surface area (Å²) in [5.74, 6) is 2.86. The lowest BCUT2D eigenvalue weighted by Gasteiger charge is -2.26. The van der Waals surface area contributed by atoms with Gasteiger partial charge in [-0.15, -0.1) is 0 Å². The van der Waals surface area contributed by atoms with Gasteiger partial charge >= 0.3 is 0 Å². The topological polar surface area (TPSA) is 65.4 Å². The molecule has 1 amide bonds. The number of nitrogens with zero attached hydrogens (tertiary/aromatic N) is 2. The molecule has 1 N–H and O–H groups in total. The van der Waals surface area contributed by atoms with Crippen molar-refractivity contribution in [1.29, 1.82) is 0 Å². The summed E-state index contributed by atoms with van der Waals surface area (Å²) in [5.41, 5.74) is 0.727. The summed E-state index contributed by atoms with van der Waals surface area (Å²) in [4.78, 5) is 12.1. The largest absolute Gasteiger partial charge is 0.486 e. The highest BCUT2D eigenvalue weighted by Gasteiger charge is 2.21. The maximum atomic E-state index is 12.1. The second-order valence-corrected chi connectivity index (χ2v) is 9.86. The molecule has 2 aliphatic rings. The zero-order valence-electron chi connectivity index (χ0n) is 15.7. The Bertz CT molecular complexity index is 793. The van der Waals surface area contributed by atoms with Crippen LogP contribution in [0.15, 0.2) is 36.7 Å². The van der Waals surface area contributed by atoms with Crippen molar-refractivity contribution in [2.75, 3.05) is 17.7 Å². The quantitative estimate of drug-likeness (QED) is 0.506. The highest BCUT2D eigenvalue weighted by Crippen LogP contribution is 2.39. The van der Waals surface area contributed by atoms with Crippen LogP contribution in [0.25, 0.3) is 0 Å². The number of ether oxygens (including phenoxy) is 2. The third kappa shape index (κ3) is 5.38. The molecular formula is C20H25N3O3S2. The smallest absolute Gasteiger partial charge is 0.224 e. The predicted molar refractivity (Wildman–Crippen MR) is 114 cm³/mol. The van der Waals surface area contributed by atoms with E-state index in [0.717, 1.165) is 35.3 Å². The number of hydrogen-bond acceptors (Lipinski definition) is 6. The fourth-order valence-corrected chi connectivity index (χ4v) is 6.36. The number of hydrogen-bond donors (Lipinski definition) is 1. The van der Waals surface area contributed by atoms with E-state index in [0.29, 0.717) is 19.6 Å². The van der Waals surface area contributed by atoms with Crippen LogP contribution in [0.4, 0.5) is 5.69 Å². The molecule has 0 radical (unpaired) electrons. The first-order valence-electron chi connectivity index (χ1n) is 9.75. The number of anilines is 1. The monoisotopic (exact) mass is 419 g/mol. The summed E-state index contributed by atoms with van der Waals surface area (Å²) >= 11 is 0. The molecule has 6 nitrogen and oxygen atoms in total. The van der Waals surface area contributed by atoms with Crippen LogP contribution >= 0.6 is 21.6 Å². The maximum Gasteiger partial charge on any atom is 0.224 e. The summed E-state index contributed by atoms with van der Waals surface area (Å²) < 4.78 is 13.5. The fourth-order valence-electron chi connectivity index (χ4n) is 3.34. The first-order chi connectivity index (χ1) is 13.8. The molecular weight excluding hydrogens is 394 g/mol. The molecule has 28 heavy (non-hydrogen) atoms. The van der Waals surface area contributed by atoms with Crippen LogP contribution in [0, 0.1) is 0 Å². The second kappa shape index (κ2) is 9.60. The van der Waals surface area contributed by atoms with Gasteiger partial charge in [0.2, 0.25) is 5.91 Å². The van der Waals surface area contributed by atoms with Crippen LogP contribution in [0.3, 0.4) is 0 Å². The number of fused-ring (bicyclic) bond motifs is 1. The number of amides is 1. The van der Waals surface area contributed by atoms with Gasteiger partial charge in [0, 0.05) is 23.6 Å². The van der Waals surface area contributed by atoms with Crippen LogP contribution in [-0.4, -0.2) is 39.4 Å². The van der Waals surface area contributed by atoms with Crippen LogP contribution in [-0.2, 0) is 11.3 Å².